The third kappa shape index (κ3) is 5.47. The van der Waals surface area contributed by atoms with Crippen LogP contribution < -0.4 is 0 Å². The first-order chi connectivity index (χ1) is 6.11. The Morgan fingerprint density at radius 1 is 1.54 bits per heavy atom. The summed E-state index contributed by atoms with van der Waals surface area (Å²) in [4.78, 5) is 10.2. The Morgan fingerprint density at radius 2 is 2.15 bits per heavy atom. The second-order valence-corrected chi connectivity index (χ2v) is 3.01. The first-order valence-electron chi connectivity index (χ1n) is 4.54. The molecule has 0 aromatic rings. The van der Waals surface area contributed by atoms with Crippen LogP contribution in [0.25, 0.3) is 0 Å². The summed E-state index contributed by atoms with van der Waals surface area (Å²) in [5.41, 5.74) is 0. The average Bonchev–Trinajstić information content (AvgIpc) is 2.04. The predicted octanol–water partition coefficient (Wildman–Crippen LogP) is 2.27. The SMILES string of the molecule is CCCCC(OC)C(C)OC(=O)O. The van der Waals surface area contributed by atoms with E-state index in [9.17, 15) is 4.79 Å². The zero-order valence-corrected chi connectivity index (χ0v) is 8.45. The number of ether oxygens (including phenoxy) is 2. The predicted molar refractivity (Wildman–Crippen MR) is 48.9 cm³/mol. The number of carbonyl (C=O) groups is 1. The van der Waals surface area contributed by atoms with Gasteiger partial charge >= 0.3 is 6.16 Å². The van der Waals surface area contributed by atoms with Gasteiger partial charge in [0.05, 0.1) is 6.10 Å². The summed E-state index contributed by atoms with van der Waals surface area (Å²) in [7, 11) is 1.57. The summed E-state index contributed by atoms with van der Waals surface area (Å²) >= 11 is 0. The Hall–Kier alpha value is -0.770. The fourth-order valence-corrected chi connectivity index (χ4v) is 1.18. The highest BCUT2D eigenvalue weighted by Gasteiger charge is 2.19. The van der Waals surface area contributed by atoms with Gasteiger partial charge in [-0.3, -0.25) is 0 Å². The monoisotopic (exact) mass is 190 g/mol. The highest BCUT2D eigenvalue weighted by Crippen LogP contribution is 2.11. The van der Waals surface area contributed by atoms with E-state index in [4.69, 9.17) is 9.84 Å². The number of carboxylic acid groups (broad SMARTS) is 1. The molecule has 0 fully saturated rings. The third-order valence-corrected chi connectivity index (χ3v) is 1.96. The maximum absolute atomic E-state index is 10.2. The van der Waals surface area contributed by atoms with Crippen LogP contribution in [0.3, 0.4) is 0 Å². The summed E-state index contributed by atoms with van der Waals surface area (Å²) in [6.45, 7) is 3.79. The van der Waals surface area contributed by atoms with Crippen molar-refractivity contribution < 1.29 is 19.4 Å². The van der Waals surface area contributed by atoms with E-state index >= 15 is 0 Å². The summed E-state index contributed by atoms with van der Waals surface area (Å²) in [5.74, 6) is 0. The molecular formula is C9H18O4. The van der Waals surface area contributed by atoms with Gasteiger partial charge in [-0.15, -0.1) is 0 Å². The van der Waals surface area contributed by atoms with Crippen molar-refractivity contribution in [3.63, 3.8) is 0 Å². The highest BCUT2D eigenvalue weighted by atomic mass is 16.7. The Balaban J connectivity index is 3.83. The van der Waals surface area contributed by atoms with E-state index in [-0.39, 0.29) is 6.10 Å². The van der Waals surface area contributed by atoms with Crippen LogP contribution in [0.5, 0.6) is 0 Å². The molecule has 2 unspecified atom stereocenters. The van der Waals surface area contributed by atoms with E-state index in [1.165, 1.54) is 0 Å². The van der Waals surface area contributed by atoms with Crippen LogP contribution in [0.15, 0.2) is 0 Å². The van der Waals surface area contributed by atoms with E-state index in [1.54, 1.807) is 14.0 Å². The lowest BCUT2D eigenvalue weighted by Crippen LogP contribution is -2.29. The van der Waals surface area contributed by atoms with E-state index in [2.05, 4.69) is 11.7 Å². The number of unbranched alkanes of at least 4 members (excludes halogenated alkanes) is 1. The summed E-state index contributed by atoms with van der Waals surface area (Å²) in [6, 6.07) is 0. The Labute approximate surface area is 78.8 Å². The largest absolute Gasteiger partial charge is 0.506 e. The number of hydrogen-bond donors (Lipinski definition) is 1. The lowest BCUT2D eigenvalue weighted by molar-refractivity contribution is -0.0336. The number of methoxy groups -OCH3 is 1. The first-order valence-corrected chi connectivity index (χ1v) is 4.54. The van der Waals surface area contributed by atoms with Crippen LogP contribution in [-0.4, -0.2) is 30.6 Å². The van der Waals surface area contributed by atoms with Gasteiger partial charge in [0.2, 0.25) is 0 Å². The molecule has 0 bridgehead atoms. The minimum absolute atomic E-state index is 0.129. The van der Waals surface area contributed by atoms with Gasteiger partial charge < -0.3 is 14.6 Å². The van der Waals surface area contributed by atoms with Gasteiger partial charge in [-0.2, -0.15) is 0 Å². The maximum atomic E-state index is 10.2. The standard InChI is InChI=1S/C9H18O4/c1-4-5-6-8(12-3)7(2)13-9(10)11/h7-8H,4-6H2,1-3H3,(H,10,11). The van der Waals surface area contributed by atoms with Crippen molar-refractivity contribution in [3.05, 3.63) is 0 Å². The van der Waals surface area contributed by atoms with E-state index < -0.39 is 12.3 Å². The Kier molecular flexibility index (Phi) is 6.32. The molecule has 0 aliphatic heterocycles. The van der Waals surface area contributed by atoms with Gasteiger partial charge in [0.25, 0.3) is 0 Å². The van der Waals surface area contributed by atoms with Crippen molar-refractivity contribution in [1.82, 2.24) is 0 Å². The van der Waals surface area contributed by atoms with Crippen molar-refractivity contribution in [2.45, 2.75) is 45.3 Å². The van der Waals surface area contributed by atoms with E-state index in [0.29, 0.717) is 0 Å². The number of rotatable bonds is 6. The fraction of sp³-hybridized carbons (Fsp3) is 0.889. The molecule has 0 aliphatic rings. The van der Waals surface area contributed by atoms with Crippen LogP contribution in [0.1, 0.15) is 33.1 Å². The molecule has 0 aromatic heterocycles. The minimum atomic E-state index is -1.24. The van der Waals surface area contributed by atoms with Crippen molar-refractivity contribution in [2.24, 2.45) is 0 Å². The summed E-state index contributed by atoms with van der Waals surface area (Å²) in [5, 5.41) is 8.38. The molecule has 0 radical (unpaired) electrons. The topological polar surface area (TPSA) is 55.8 Å². The molecule has 0 rings (SSSR count). The van der Waals surface area contributed by atoms with Crippen LogP contribution in [0.4, 0.5) is 4.79 Å². The highest BCUT2D eigenvalue weighted by molar-refractivity contribution is 5.57. The Bertz CT molecular complexity index is 147. The van der Waals surface area contributed by atoms with Crippen LogP contribution >= 0.6 is 0 Å². The van der Waals surface area contributed by atoms with Crippen molar-refractivity contribution in [3.8, 4) is 0 Å². The first kappa shape index (κ1) is 12.2. The van der Waals surface area contributed by atoms with Crippen LogP contribution in [0, 0.1) is 0 Å². The van der Waals surface area contributed by atoms with E-state index in [0.717, 1.165) is 19.3 Å². The molecule has 0 aromatic carbocycles. The molecule has 0 saturated heterocycles. The van der Waals surface area contributed by atoms with Gasteiger partial charge in [0.15, 0.2) is 0 Å². The molecule has 4 heteroatoms. The quantitative estimate of drug-likeness (QED) is 0.653. The second-order valence-electron chi connectivity index (χ2n) is 3.01. The van der Waals surface area contributed by atoms with Crippen LogP contribution in [0.2, 0.25) is 0 Å². The van der Waals surface area contributed by atoms with Gasteiger partial charge in [0, 0.05) is 7.11 Å². The van der Waals surface area contributed by atoms with Crippen molar-refractivity contribution in [1.29, 1.82) is 0 Å². The lowest BCUT2D eigenvalue weighted by Gasteiger charge is -2.21. The molecule has 13 heavy (non-hydrogen) atoms. The van der Waals surface area contributed by atoms with Gasteiger partial charge in [-0.1, -0.05) is 19.8 Å². The molecule has 78 valence electrons. The molecule has 0 aliphatic carbocycles. The molecule has 4 nitrogen and oxygen atoms in total. The number of hydrogen-bond acceptors (Lipinski definition) is 3. The molecule has 0 amide bonds. The molecule has 2 atom stereocenters. The zero-order chi connectivity index (χ0) is 10.3. The molecule has 0 spiro atoms. The van der Waals surface area contributed by atoms with Crippen molar-refractivity contribution >= 4 is 6.16 Å². The Morgan fingerprint density at radius 3 is 2.54 bits per heavy atom. The molecule has 0 saturated carbocycles. The van der Waals surface area contributed by atoms with E-state index in [1.807, 2.05) is 0 Å². The lowest BCUT2D eigenvalue weighted by atomic mass is 10.1. The van der Waals surface area contributed by atoms with Gasteiger partial charge in [0.1, 0.15) is 6.10 Å². The smallest absolute Gasteiger partial charge is 0.450 e. The molecule has 1 N–H and O–H groups in total. The zero-order valence-electron chi connectivity index (χ0n) is 8.45. The molecular weight excluding hydrogens is 172 g/mol. The fourth-order valence-electron chi connectivity index (χ4n) is 1.18. The molecule has 0 heterocycles. The van der Waals surface area contributed by atoms with Gasteiger partial charge in [-0.25, -0.2) is 4.79 Å². The van der Waals surface area contributed by atoms with Crippen LogP contribution in [-0.2, 0) is 9.47 Å². The van der Waals surface area contributed by atoms with Crippen molar-refractivity contribution in [2.75, 3.05) is 7.11 Å². The summed E-state index contributed by atoms with van der Waals surface area (Å²) < 4.78 is 9.72. The summed E-state index contributed by atoms with van der Waals surface area (Å²) in [6.07, 6.45) is 1.16. The average molecular weight is 190 g/mol. The minimum Gasteiger partial charge on any atom is -0.450 e. The third-order valence-electron chi connectivity index (χ3n) is 1.96. The second kappa shape index (κ2) is 6.71. The normalized spacial score (nSPS) is 15.0. The van der Waals surface area contributed by atoms with Gasteiger partial charge in [-0.05, 0) is 13.3 Å². The maximum Gasteiger partial charge on any atom is 0.506 e.